The number of hydrogen-bond donors (Lipinski definition) is 0. The van der Waals surface area contributed by atoms with E-state index in [1.807, 2.05) is 31.6 Å². The topological polar surface area (TPSA) is 17.1 Å². The number of allylic oxidation sites excluding steroid dienone is 4. The fraction of sp³-hybridized carbons (Fsp3) is 0.250. The summed E-state index contributed by atoms with van der Waals surface area (Å²) >= 11 is 0. The number of aldehydes is 1. The molecule has 1 nitrogen and oxygen atoms in total. The highest BCUT2D eigenvalue weighted by atomic mass is 16.1. The summed E-state index contributed by atoms with van der Waals surface area (Å²) in [6, 6.07) is 0. The van der Waals surface area contributed by atoms with Gasteiger partial charge in [0.05, 0.1) is 0 Å². The first kappa shape index (κ1) is 6.27. The highest BCUT2D eigenvalue weighted by molar-refractivity contribution is 5.77. The highest BCUT2D eigenvalue weighted by Crippen LogP contribution is 2.13. The predicted octanol–water partition coefficient (Wildman–Crippen LogP) is 1.52. The van der Waals surface area contributed by atoms with E-state index in [2.05, 4.69) is 0 Å². The second kappa shape index (κ2) is 2.62. The van der Waals surface area contributed by atoms with Crippen molar-refractivity contribution in [2.75, 3.05) is 0 Å². The van der Waals surface area contributed by atoms with Crippen LogP contribution < -0.4 is 0 Å². The van der Waals surface area contributed by atoms with Gasteiger partial charge in [-0.25, -0.2) is 0 Å². The number of carbonyl (C=O) groups excluding carboxylic acids is 1. The summed E-state index contributed by atoms with van der Waals surface area (Å²) in [7, 11) is 0. The van der Waals surface area contributed by atoms with Crippen molar-refractivity contribution >= 4 is 6.29 Å². The minimum atomic E-state index is 0.412. The van der Waals surface area contributed by atoms with Crippen LogP contribution in [-0.4, -0.2) is 6.29 Å². The van der Waals surface area contributed by atoms with Crippen molar-refractivity contribution < 1.29 is 4.79 Å². The van der Waals surface area contributed by atoms with Crippen molar-refractivity contribution in [1.82, 2.24) is 0 Å². The van der Waals surface area contributed by atoms with Crippen molar-refractivity contribution in [3.8, 4) is 0 Å². The van der Waals surface area contributed by atoms with Gasteiger partial charge < -0.3 is 0 Å². The van der Waals surface area contributed by atoms with Gasteiger partial charge in [-0.3, -0.25) is 4.79 Å². The van der Waals surface area contributed by atoms with E-state index in [9.17, 15) is 4.79 Å². The minimum absolute atomic E-state index is 0.412. The Morgan fingerprint density at radius 3 is 2.89 bits per heavy atom. The first-order valence-electron chi connectivity index (χ1n) is 3.01. The highest BCUT2D eigenvalue weighted by Gasteiger charge is 2.04. The van der Waals surface area contributed by atoms with E-state index in [-0.39, 0.29) is 0 Å². The van der Waals surface area contributed by atoms with Crippen molar-refractivity contribution in [3.05, 3.63) is 30.2 Å². The van der Waals surface area contributed by atoms with E-state index in [0.29, 0.717) is 5.92 Å². The van der Waals surface area contributed by atoms with Crippen LogP contribution in [0.5, 0.6) is 0 Å². The summed E-state index contributed by atoms with van der Waals surface area (Å²) in [4.78, 5) is 10.2. The van der Waals surface area contributed by atoms with Crippen LogP contribution in [0.15, 0.2) is 23.8 Å². The Bertz CT molecular complexity index is 165. The molecule has 0 aromatic rings. The lowest BCUT2D eigenvalue weighted by molar-refractivity contribution is -0.104. The molecule has 1 aliphatic carbocycles. The average Bonchev–Trinajstić information content (AvgIpc) is 1.88. The van der Waals surface area contributed by atoms with Gasteiger partial charge in [0.2, 0.25) is 0 Å². The number of carbonyl (C=O) groups is 1. The molecule has 9 heavy (non-hydrogen) atoms. The first-order valence-corrected chi connectivity index (χ1v) is 3.01. The Morgan fingerprint density at radius 2 is 2.44 bits per heavy atom. The van der Waals surface area contributed by atoms with Gasteiger partial charge in [-0.1, -0.05) is 25.2 Å². The van der Waals surface area contributed by atoms with Crippen LogP contribution >= 0.6 is 0 Å². The maximum absolute atomic E-state index is 10.2. The molecule has 0 aliphatic heterocycles. The summed E-state index contributed by atoms with van der Waals surface area (Å²) in [5.74, 6) is 0.412. The van der Waals surface area contributed by atoms with Crippen molar-refractivity contribution in [2.24, 2.45) is 5.92 Å². The zero-order valence-electron chi connectivity index (χ0n) is 5.37. The molecule has 1 aliphatic rings. The van der Waals surface area contributed by atoms with Crippen molar-refractivity contribution in [1.29, 1.82) is 0 Å². The predicted molar refractivity (Wildman–Crippen MR) is 36.8 cm³/mol. The molecule has 0 aromatic carbocycles. The lowest BCUT2D eigenvalue weighted by Gasteiger charge is -2.07. The Labute approximate surface area is 55.1 Å². The average molecular weight is 121 g/mol. The van der Waals surface area contributed by atoms with Gasteiger partial charge >= 0.3 is 0 Å². The zero-order valence-corrected chi connectivity index (χ0v) is 5.37. The maximum atomic E-state index is 10.2. The summed E-state index contributed by atoms with van der Waals surface area (Å²) in [5.41, 5.74) is 0.782. The molecule has 0 fully saturated rings. The largest absolute Gasteiger partial charge is 0.298 e. The zero-order chi connectivity index (χ0) is 6.69. The SMILES string of the molecule is C[C@H]1[CH]C(C=O)=CC=C1. The molecule has 0 heterocycles. The van der Waals surface area contributed by atoms with E-state index >= 15 is 0 Å². The second-order valence-corrected chi connectivity index (χ2v) is 2.20. The molecule has 1 radical (unpaired) electrons. The first-order chi connectivity index (χ1) is 4.33. The third kappa shape index (κ3) is 1.53. The van der Waals surface area contributed by atoms with Crippen LogP contribution in [0.3, 0.4) is 0 Å². The maximum Gasteiger partial charge on any atom is 0.146 e. The molecule has 0 N–H and O–H groups in total. The standard InChI is InChI=1S/C8H9O/c1-7-3-2-4-8(5-7)6-9/h2-7H,1H3/t7-/m1/s1. The number of hydrogen-bond acceptors (Lipinski definition) is 1. The molecule has 47 valence electrons. The van der Waals surface area contributed by atoms with Gasteiger partial charge in [0.15, 0.2) is 0 Å². The lowest BCUT2D eigenvalue weighted by Crippen LogP contribution is -1.98. The molecule has 1 rings (SSSR count). The van der Waals surface area contributed by atoms with Crippen LogP contribution in [0.1, 0.15) is 6.92 Å². The molecule has 1 atom stereocenters. The molecule has 0 bridgehead atoms. The Balaban J connectivity index is 2.65. The molecule has 0 unspecified atom stereocenters. The van der Waals surface area contributed by atoms with Gasteiger partial charge in [0.25, 0.3) is 0 Å². The van der Waals surface area contributed by atoms with Gasteiger partial charge in [0.1, 0.15) is 6.29 Å². The second-order valence-electron chi connectivity index (χ2n) is 2.20. The van der Waals surface area contributed by atoms with Crippen LogP contribution in [0, 0.1) is 12.3 Å². The Hall–Kier alpha value is -0.850. The van der Waals surface area contributed by atoms with E-state index in [1.165, 1.54) is 0 Å². The van der Waals surface area contributed by atoms with Crippen molar-refractivity contribution in [2.45, 2.75) is 6.92 Å². The molecule has 0 aromatic heterocycles. The van der Waals surface area contributed by atoms with Crippen LogP contribution in [0.4, 0.5) is 0 Å². The molecule has 0 saturated heterocycles. The van der Waals surface area contributed by atoms with Gasteiger partial charge in [-0.2, -0.15) is 0 Å². The van der Waals surface area contributed by atoms with Gasteiger partial charge in [-0.15, -0.1) is 0 Å². The normalized spacial score (nSPS) is 25.4. The van der Waals surface area contributed by atoms with Crippen LogP contribution in [0.25, 0.3) is 0 Å². The van der Waals surface area contributed by atoms with E-state index < -0.39 is 0 Å². The summed E-state index contributed by atoms with van der Waals surface area (Å²) in [6.07, 6.45) is 8.58. The van der Waals surface area contributed by atoms with Crippen LogP contribution in [0.2, 0.25) is 0 Å². The van der Waals surface area contributed by atoms with Gasteiger partial charge in [-0.05, 0) is 11.5 Å². The molecular formula is C8H9O. The third-order valence-electron chi connectivity index (χ3n) is 1.29. The Kier molecular flexibility index (Phi) is 1.83. The van der Waals surface area contributed by atoms with Crippen LogP contribution in [-0.2, 0) is 4.79 Å². The van der Waals surface area contributed by atoms with E-state index in [4.69, 9.17) is 0 Å². The quantitative estimate of drug-likeness (QED) is 0.481. The molecular weight excluding hydrogens is 112 g/mol. The number of rotatable bonds is 1. The molecule has 1 heteroatoms. The molecule has 0 amide bonds. The van der Waals surface area contributed by atoms with E-state index in [0.717, 1.165) is 11.9 Å². The summed E-state index contributed by atoms with van der Waals surface area (Å²) in [5, 5.41) is 0. The van der Waals surface area contributed by atoms with E-state index in [1.54, 1.807) is 0 Å². The Morgan fingerprint density at radius 1 is 1.67 bits per heavy atom. The third-order valence-corrected chi connectivity index (χ3v) is 1.29. The minimum Gasteiger partial charge on any atom is -0.298 e. The summed E-state index contributed by atoms with van der Waals surface area (Å²) < 4.78 is 0. The van der Waals surface area contributed by atoms with Crippen molar-refractivity contribution in [3.63, 3.8) is 0 Å². The smallest absolute Gasteiger partial charge is 0.146 e. The fourth-order valence-corrected chi connectivity index (χ4v) is 0.835. The summed E-state index contributed by atoms with van der Waals surface area (Å²) in [6.45, 7) is 2.05. The monoisotopic (exact) mass is 121 g/mol. The fourth-order valence-electron chi connectivity index (χ4n) is 0.835. The molecule has 0 saturated carbocycles. The van der Waals surface area contributed by atoms with Gasteiger partial charge in [0, 0.05) is 6.42 Å². The molecule has 0 spiro atoms. The lowest BCUT2D eigenvalue weighted by atomic mass is 9.97.